The summed E-state index contributed by atoms with van der Waals surface area (Å²) in [6.45, 7) is 0. The van der Waals surface area contributed by atoms with Gasteiger partial charge < -0.3 is 14.2 Å². The number of rotatable bonds is 7. The van der Waals surface area contributed by atoms with Gasteiger partial charge >= 0.3 is 5.97 Å². The predicted molar refractivity (Wildman–Crippen MR) is 130 cm³/mol. The lowest BCUT2D eigenvalue weighted by molar-refractivity contribution is 0.0734. The van der Waals surface area contributed by atoms with Gasteiger partial charge in [0, 0.05) is 11.1 Å². The molecule has 0 aromatic heterocycles. The van der Waals surface area contributed by atoms with Crippen molar-refractivity contribution in [2.45, 2.75) is 0 Å². The fourth-order valence-corrected chi connectivity index (χ4v) is 3.43. The zero-order valence-electron chi connectivity index (χ0n) is 18.6. The molecule has 0 bridgehead atoms. The van der Waals surface area contributed by atoms with Gasteiger partial charge in [0.15, 0.2) is 11.5 Å². The third kappa shape index (κ3) is 4.88. The van der Waals surface area contributed by atoms with Gasteiger partial charge in [-0.05, 0) is 47.2 Å². The molecule has 7 nitrogen and oxygen atoms in total. The Morgan fingerprint density at radius 1 is 0.765 bits per heavy atom. The van der Waals surface area contributed by atoms with Crippen LogP contribution in [0.1, 0.15) is 26.3 Å². The molecule has 170 valence electrons. The number of nitrogens with zero attached hydrogens (tertiary/aromatic N) is 1. The van der Waals surface area contributed by atoms with Crippen molar-refractivity contribution in [3.8, 4) is 17.2 Å². The second-order valence-corrected chi connectivity index (χ2v) is 7.22. The van der Waals surface area contributed by atoms with Gasteiger partial charge in [-0.3, -0.25) is 4.79 Å². The molecule has 0 saturated carbocycles. The van der Waals surface area contributed by atoms with E-state index in [1.165, 1.54) is 20.4 Å². The molecule has 0 aliphatic heterocycles. The van der Waals surface area contributed by atoms with E-state index in [9.17, 15) is 9.59 Å². The van der Waals surface area contributed by atoms with Crippen LogP contribution in [0.4, 0.5) is 0 Å². The Hall–Kier alpha value is -4.65. The number of hydrogen-bond acceptors (Lipinski definition) is 6. The highest BCUT2D eigenvalue weighted by Crippen LogP contribution is 2.28. The number of fused-ring (bicyclic) bond motifs is 1. The second kappa shape index (κ2) is 10.3. The Balaban J connectivity index is 1.60. The quantitative estimate of drug-likeness (QED) is 0.187. The number of hydrogen-bond donors (Lipinski definition) is 1. The van der Waals surface area contributed by atoms with Crippen molar-refractivity contribution in [2.75, 3.05) is 14.2 Å². The number of benzene rings is 4. The van der Waals surface area contributed by atoms with Crippen LogP contribution >= 0.6 is 0 Å². The Bertz CT molecular complexity index is 1370. The average Bonchev–Trinajstić information content (AvgIpc) is 2.89. The summed E-state index contributed by atoms with van der Waals surface area (Å²) in [6.07, 6.45) is 1.47. The first-order valence-corrected chi connectivity index (χ1v) is 10.4. The Labute approximate surface area is 196 Å². The number of methoxy groups -OCH3 is 2. The molecule has 1 amide bonds. The maximum Gasteiger partial charge on any atom is 0.343 e. The standard InChI is InChI=1S/C27H22N2O5/c1-32-24-15-13-20(16-25(24)33-2)26(30)29-28-17-22-21-11-7-6-8-18(21)12-14-23(22)34-27(31)19-9-4-3-5-10-19/h3-17H,1-2H3,(H,29,30). The average molecular weight is 454 g/mol. The maximum atomic E-state index is 12.6. The van der Waals surface area contributed by atoms with E-state index in [2.05, 4.69) is 10.5 Å². The number of ether oxygens (including phenoxy) is 3. The minimum Gasteiger partial charge on any atom is -0.493 e. The largest absolute Gasteiger partial charge is 0.493 e. The van der Waals surface area contributed by atoms with E-state index in [0.717, 1.165) is 10.8 Å². The van der Waals surface area contributed by atoms with E-state index in [1.807, 2.05) is 36.4 Å². The van der Waals surface area contributed by atoms with E-state index in [0.29, 0.717) is 33.9 Å². The number of amides is 1. The lowest BCUT2D eigenvalue weighted by Crippen LogP contribution is -2.18. The molecular weight excluding hydrogens is 432 g/mol. The van der Waals surface area contributed by atoms with Crippen LogP contribution in [0.2, 0.25) is 0 Å². The molecule has 4 rings (SSSR count). The van der Waals surface area contributed by atoms with Gasteiger partial charge in [0.2, 0.25) is 0 Å². The molecule has 0 fully saturated rings. The van der Waals surface area contributed by atoms with Crippen LogP contribution in [-0.4, -0.2) is 32.3 Å². The highest BCUT2D eigenvalue weighted by atomic mass is 16.5. The number of esters is 1. The molecule has 0 atom stereocenters. The van der Waals surface area contributed by atoms with Crippen LogP contribution < -0.4 is 19.6 Å². The van der Waals surface area contributed by atoms with Crippen molar-refractivity contribution in [2.24, 2.45) is 5.10 Å². The summed E-state index contributed by atoms with van der Waals surface area (Å²) in [5, 5.41) is 5.88. The third-order valence-electron chi connectivity index (χ3n) is 5.15. The van der Waals surface area contributed by atoms with Gasteiger partial charge in [0.25, 0.3) is 5.91 Å². The van der Waals surface area contributed by atoms with Gasteiger partial charge in [-0.15, -0.1) is 0 Å². The van der Waals surface area contributed by atoms with E-state index < -0.39 is 11.9 Å². The van der Waals surface area contributed by atoms with Crippen LogP contribution in [0.25, 0.3) is 10.8 Å². The number of carbonyl (C=O) groups excluding carboxylic acids is 2. The molecule has 0 radical (unpaired) electrons. The monoisotopic (exact) mass is 454 g/mol. The lowest BCUT2D eigenvalue weighted by atomic mass is 10.0. The first-order chi connectivity index (χ1) is 16.6. The van der Waals surface area contributed by atoms with Gasteiger partial charge in [-0.1, -0.05) is 48.5 Å². The molecule has 0 spiro atoms. The second-order valence-electron chi connectivity index (χ2n) is 7.22. The fourth-order valence-electron chi connectivity index (χ4n) is 3.43. The molecule has 4 aromatic rings. The molecule has 0 heterocycles. The summed E-state index contributed by atoms with van der Waals surface area (Å²) < 4.78 is 16.1. The van der Waals surface area contributed by atoms with E-state index in [-0.39, 0.29) is 0 Å². The summed E-state index contributed by atoms with van der Waals surface area (Å²) >= 11 is 0. The lowest BCUT2D eigenvalue weighted by Gasteiger charge is -2.11. The van der Waals surface area contributed by atoms with Crippen LogP contribution in [0, 0.1) is 0 Å². The summed E-state index contributed by atoms with van der Waals surface area (Å²) in [4.78, 5) is 25.2. The number of hydrazone groups is 1. The normalized spacial score (nSPS) is 10.8. The summed E-state index contributed by atoms with van der Waals surface area (Å²) in [5.41, 5.74) is 3.85. The van der Waals surface area contributed by atoms with Crippen LogP contribution in [0.3, 0.4) is 0 Å². The van der Waals surface area contributed by atoms with Crippen LogP contribution in [0.15, 0.2) is 90.0 Å². The van der Waals surface area contributed by atoms with Crippen LogP contribution in [-0.2, 0) is 0 Å². The Kier molecular flexibility index (Phi) is 6.84. The summed E-state index contributed by atoms with van der Waals surface area (Å²) in [7, 11) is 3.02. The molecule has 0 saturated heterocycles. The highest BCUT2D eigenvalue weighted by molar-refractivity contribution is 6.04. The van der Waals surface area contributed by atoms with Crippen molar-refractivity contribution in [3.63, 3.8) is 0 Å². The zero-order chi connectivity index (χ0) is 23.9. The Morgan fingerprint density at radius 2 is 1.47 bits per heavy atom. The summed E-state index contributed by atoms with van der Waals surface area (Å²) in [5.74, 6) is 0.364. The molecule has 0 aliphatic carbocycles. The topological polar surface area (TPSA) is 86.2 Å². The van der Waals surface area contributed by atoms with Crippen LogP contribution in [0.5, 0.6) is 17.2 Å². The van der Waals surface area contributed by atoms with Gasteiger partial charge in [-0.25, -0.2) is 10.2 Å². The van der Waals surface area contributed by atoms with Crippen molar-refractivity contribution in [1.82, 2.24) is 5.43 Å². The van der Waals surface area contributed by atoms with Gasteiger partial charge in [0.05, 0.1) is 26.0 Å². The molecular formula is C27H22N2O5. The predicted octanol–water partition coefficient (Wildman–Crippen LogP) is 4.84. The molecule has 7 heteroatoms. The maximum absolute atomic E-state index is 12.6. The van der Waals surface area contributed by atoms with Gasteiger partial charge in [0.1, 0.15) is 5.75 Å². The molecule has 4 aromatic carbocycles. The minimum atomic E-state index is -0.486. The van der Waals surface area contributed by atoms with Crippen molar-refractivity contribution < 1.29 is 23.8 Å². The summed E-state index contributed by atoms with van der Waals surface area (Å²) in [6, 6.07) is 24.7. The van der Waals surface area contributed by atoms with E-state index in [4.69, 9.17) is 14.2 Å². The zero-order valence-corrected chi connectivity index (χ0v) is 18.6. The fraction of sp³-hybridized carbons (Fsp3) is 0.0741. The van der Waals surface area contributed by atoms with Crippen molar-refractivity contribution >= 4 is 28.9 Å². The molecule has 1 N–H and O–H groups in total. The smallest absolute Gasteiger partial charge is 0.343 e. The molecule has 34 heavy (non-hydrogen) atoms. The third-order valence-corrected chi connectivity index (χ3v) is 5.15. The van der Waals surface area contributed by atoms with E-state index >= 15 is 0 Å². The number of carbonyl (C=O) groups is 2. The highest BCUT2D eigenvalue weighted by Gasteiger charge is 2.14. The first kappa shape index (κ1) is 22.5. The SMILES string of the molecule is COc1ccc(C(=O)NN=Cc2c(OC(=O)c3ccccc3)ccc3ccccc23)cc1OC. The minimum absolute atomic E-state index is 0.330. The van der Waals surface area contributed by atoms with Crippen molar-refractivity contribution in [3.05, 3.63) is 102 Å². The molecule has 0 aliphatic rings. The molecule has 0 unspecified atom stereocenters. The Morgan fingerprint density at radius 3 is 2.24 bits per heavy atom. The van der Waals surface area contributed by atoms with Gasteiger partial charge in [-0.2, -0.15) is 5.10 Å². The van der Waals surface area contributed by atoms with E-state index in [1.54, 1.807) is 48.5 Å². The van der Waals surface area contributed by atoms with Crippen molar-refractivity contribution in [1.29, 1.82) is 0 Å². The number of nitrogens with one attached hydrogen (secondary N) is 1. The first-order valence-electron chi connectivity index (χ1n) is 10.4.